The van der Waals surface area contributed by atoms with Crippen LogP contribution in [-0.4, -0.2) is 24.7 Å². The first-order valence-electron chi connectivity index (χ1n) is 9.92. The van der Waals surface area contributed by atoms with E-state index in [2.05, 4.69) is 4.99 Å². The maximum atomic E-state index is 12.9. The minimum Gasteiger partial charge on any atom is -0.310 e. The van der Waals surface area contributed by atoms with Gasteiger partial charge in [-0.3, -0.25) is 9.79 Å². The summed E-state index contributed by atoms with van der Waals surface area (Å²) in [4.78, 5) is 19.5. The van der Waals surface area contributed by atoms with Crippen molar-refractivity contribution < 1.29 is 4.79 Å². The summed E-state index contributed by atoms with van der Waals surface area (Å²) in [6.07, 6.45) is 7.66. The molecule has 3 nitrogen and oxygen atoms in total. The van der Waals surface area contributed by atoms with Gasteiger partial charge >= 0.3 is 0 Å². The van der Waals surface area contributed by atoms with Crippen molar-refractivity contribution in [2.75, 3.05) is 18.0 Å². The van der Waals surface area contributed by atoms with Crippen molar-refractivity contribution >= 4 is 28.9 Å². The molecule has 2 aromatic carbocycles. The third-order valence-electron chi connectivity index (χ3n) is 5.71. The lowest BCUT2D eigenvalue weighted by molar-refractivity contribution is -0.117. The summed E-state index contributed by atoms with van der Waals surface area (Å²) in [5.74, 6) is 0.806. The number of amides is 1. The Hall–Kier alpha value is -2.13. The largest absolute Gasteiger partial charge is 0.310 e. The summed E-state index contributed by atoms with van der Waals surface area (Å²) in [6, 6.07) is 15.8. The number of aliphatic imine (C=N–C) groups is 1. The van der Waals surface area contributed by atoms with Crippen molar-refractivity contribution in [2.24, 2.45) is 10.9 Å². The van der Waals surface area contributed by atoms with Gasteiger partial charge in [-0.1, -0.05) is 74.0 Å². The van der Waals surface area contributed by atoms with Crippen LogP contribution in [0, 0.1) is 5.92 Å². The molecule has 0 atom stereocenters. The highest BCUT2D eigenvalue weighted by Gasteiger charge is 2.26. The number of nitrogens with zero attached hydrogens (tertiary/aromatic N) is 2. The molecule has 1 aliphatic carbocycles. The second-order valence-electron chi connectivity index (χ2n) is 7.53. The van der Waals surface area contributed by atoms with Crippen molar-refractivity contribution in [3.05, 3.63) is 64.7 Å². The molecule has 140 valence electrons. The normalized spacial score (nSPS) is 18.0. The van der Waals surface area contributed by atoms with E-state index in [1.807, 2.05) is 53.4 Å². The molecule has 1 amide bonds. The maximum Gasteiger partial charge on any atom is 0.248 e. The van der Waals surface area contributed by atoms with E-state index in [0.29, 0.717) is 5.02 Å². The zero-order valence-corrected chi connectivity index (χ0v) is 16.3. The molecular formula is C23H25ClN2O. The van der Waals surface area contributed by atoms with Gasteiger partial charge in [-0.25, -0.2) is 0 Å². The fourth-order valence-electron chi connectivity index (χ4n) is 4.26. The average molecular weight is 381 g/mol. The van der Waals surface area contributed by atoms with Crippen molar-refractivity contribution in [1.82, 2.24) is 0 Å². The third-order valence-corrected chi connectivity index (χ3v) is 5.95. The topological polar surface area (TPSA) is 32.7 Å². The van der Waals surface area contributed by atoms with E-state index in [0.717, 1.165) is 41.4 Å². The van der Waals surface area contributed by atoms with Crippen molar-refractivity contribution in [3.8, 4) is 0 Å². The zero-order valence-electron chi connectivity index (χ0n) is 15.5. The molecule has 27 heavy (non-hydrogen) atoms. The van der Waals surface area contributed by atoms with Crippen molar-refractivity contribution in [2.45, 2.75) is 38.5 Å². The van der Waals surface area contributed by atoms with Crippen LogP contribution in [0.3, 0.4) is 0 Å². The van der Waals surface area contributed by atoms with Crippen LogP contribution in [0.1, 0.15) is 49.7 Å². The Balaban J connectivity index is 1.66. The Morgan fingerprint density at radius 2 is 1.81 bits per heavy atom. The average Bonchev–Trinajstić information content (AvgIpc) is 2.84. The summed E-state index contributed by atoms with van der Waals surface area (Å²) < 4.78 is 0. The first kappa shape index (κ1) is 18.2. The van der Waals surface area contributed by atoms with E-state index in [1.165, 1.54) is 32.1 Å². The van der Waals surface area contributed by atoms with E-state index in [-0.39, 0.29) is 12.5 Å². The molecule has 1 heterocycles. The van der Waals surface area contributed by atoms with Crippen LogP contribution in [0.15, 0.2) is 53.5 Å². The molecule has 0 spiro atoms. The van der Waals surface area contributed by atoms with E-state index in [1.54, 1.807) is 0 Å². The highest BCUT2D eigenvalue weighted by atomic mass is 35.5. The number of rotatable bonds is 4. The SMILES string of the molecule is O=C1CN=C(c2ccccc2)c2cc(Cl)ccc2N1CCC1CCCCC1. The molecule has 4 heteroatoms. The number of benzodiazepines with no additional fused rings is 1. The number of anilines is 1. The highest BCUT2D eigenvalue weighted by Crippen LogP contribution is 2.32. The fourth-order valence-corrected chi connectivity index (χ4v) is 4.43. The van der Waals surface area contributed by atoms with Crippen molar-refractivity contribution in [1.29, 1.82) is 0 Å². The molecule has 0 saturated heterocycles. The predicted octanol–water partition coefficient (Wildman–Crippen LogP) is 5.49. The fraction of sp³-hybridized carbons (Fsp3) is 0.391. The third kappa shape index (κ3) is 4.08. The molecule has 1 fully saturated rings. The van der Waals surface area contributed by atoms with E-state index >= 15 is 0 Å². The van der Waals surface area contributed by atoms with Gasteiger partial charge < -0.3 is 4.90 Å². The molecular weight excluding hydrogens is 356 g/mol. The number of halogens is 1. The van der Waals surface area contributed by atoms with E-state index in [9.17, 15) is 4.79 Å². The minimum atomic E-state index is 0.0697. The van der Waals surface area contributed by atoms with Gasteiger partial charge in [-0.05, 0) is 30.5 Å². The smallest absolute Gasteiger partial charge is 0.248 e. The summed E-state index contributed by atoms with van der Waals surface area (Å²) in [7, 11) is 0. The Kier molecular flexibility index (Phi) is 5.58. The van der Waals surface area contributed by atoms with Crippen molar-refractivity contribution in [3.63, 3.8) is 0 Å². The maximum absolute atomic E-state index is 12.9. The van der Waals surface area contributed by atoms with Gasteiger partial charge in [0.15, 0.2) is 0 Å². The van der Waals surface area contributed by atoms with Gasteiger partial charge in [0.1, 0.15) is 6.54 Å². The summed E-state index contributed by atoms with van der Waals surface area (Å²) in [5, 5.41) is 0.666. The lowest BCUT2D eigenvalue weighted by Gasteiger charge is -2.27. The van der Waals surface area contributed by atoms with Crippen LogP contribution >= 0.6 is 11.6 Å². The standard InChI is InChI=1S/C23H25ClN2O/c24-19-11-12-21-20(15-19)23(18-9-5-2-6-10-18)25-16-22(27)26(21)14-13-17-7-3-1-4-8-17/h2,5-6,9-12,15,17H,1,3-4,7-8,13-14,16H2. The quantitative estimate of drug-likeness (QED) is 0.689. The van der Waals surface area contributed by atoms with E-state index < -0.39 is 0 Å². The monoisotopic (exact) mass is 380 g/mol. The summed E-state index contributed by atoms with van der Waals surface area (Å²) >= 11 is 6.31. The molecule has 0 bridgehead atoms. The van der Waals surface area contributed by atoms with Crippen LogP contribution in [0.2, 0.25) is 5.02 Å². The Labute approximate surface area is 166 Å². The zero-order chi connectivity index (χ0) is 18.6. The van der Waals surface area contributed by atoms with Gasteiger partial charge in [-0.2, -0.15) is 0 Å². The molecule has 4 rings (SSSR count). The Bertz CT molecular complexity index is 841. The number of hydrogen-bond acceptors (Lipinski definition) is 2. The lowest BCUT2D eigenvalue weighted by Crippen LogP contribution is -2.34. The molecule has 2 aromatic rings. The van der Waals surface area contributed by atoms with Gasteiger partial charge in [0, 0.05) is 22.7 Å². The van der Waals surface area contributed by atoms with Gasteiger partial charge in [0.05, 0.1) is 11.4 Å². The molecule has 0 radical (unpaired) electrons. The first-order valence-corrected chi connectivity index (χ1v) is 10.3. The highest BCUT2D eigenvalue weighted by molar-refractivity contribution is 6.32. The Morgan fingerprint density at radius 1 is 1.04 bits per heavy atom. The number of carbonyl (C=O) groups is 1. The summed E-state index contributed by atoms with van der Waals surface area (Å²) in [6.45, 7) is 0.941. The van der Waals surface area contributed by atoms with Gasteiger partial charge in [-0.15, -0.1) is 0 Å². The van der Waals surface area contributed by atoms with Crippen LogP contribution < -0.4 is 4.90 Å². The number of benzene rings is 2. The van der Waals surface area contributed by atoms with Gasteiger partial charge in [0.25, 0.3) is 0 Å². The summed E-state index contributed by atoms with van der Waals surface area (Å²) in [5.41, 5.74) is 3.74. The van der Waals surface area contributed by atoms with Crippen LogP contribution in [-0.2, 0) is 4.79 Å². The van der Waals surface area contributed by atoms with Crippen LogP contribution in [0.5, 0.6) is 0 Å². The minimum absolute atomic E-state index is 0.0697. The van der Waals surface area contributed by atoms with Crippen LogP contribution in [0.4, 0.5) is 5.69 Å². The number of fused-ring (bicyclic) bond motifs is 1. The van der Waals surface area contributed by atoms with E-state index in [4.69, 9.17) is 11.6 Å². The Morgan fingerprint density at radius 3 is 2.59 bits per heavy atom. The second-order valence-corrected chi connectivity index (χ2v) is 7.97. The predicted molar refractivity (Wildman–Crippen MR) is 112 cm³/mol. The van der Waals surface area contributed by atoms with Gasteiger partial charge in [0.2, 0.25) is 5.91 Å². The second kappa shape index (κ2) is 8.26. The molecule has 2 aliphatic rings. The molecule has 1 saturated carbocycles. The lowest BCUT2D eigenvalue weighted by atomic mass is 9.87. The first-order chi connectivity index (χ1) is 13.2. The molecule has 0 aromatic heterocycles. The molecule has 1 aliphatic heterocycles. The molecule has 0 unspecified atom stereocenters. The van der Waals surface area contributed by atoms with Crippen LogP contribution in [0.25, 0.3) is 0 Å². The number of hydrogen-bond donors (Lipinski definition) is 0. The molecule has 0 N–H and O–H groups in total. The number of carbonyl (C=O) groups excluding carboxylic acids is 1.